The van der Waals surface area contributed by atoms with Gasteiger partial charge in [0, 0.05) is 12.8 Å². The highest BCUT2D eigenvalue weighted by molar-refractivity contribution is 5.69. The molecule has 0 saturated heterocycles. The Labute approximate surface area is 285 Å². The highest BCUT2D eigenvalue weighted by atomic mass is 16.5. The van der Waals surface area contributed by atoms with Gasteiger partial charge >= 0.3 is 11.9 Å². The minimum Gasteiger partial charge on any atom is -0.481 e. The van der Waals surface area contributed by atoms with Crippen molar-refractivity contribution in [3.63, 3.8) is 0 Å². The Kier molecular flexibility index (Phi) is 35.7. The standard InChI is InChI=1S/C42H74O4/c1-3-5-7-9-11-13-14-15-16-17-18-19-20-21-22-24-26-31-35-39-42(45)46-40(37-33-29-27-30-34-38-41(43)44)36-32-28-25-23-12-10-8-6-4-2/h5,7,11,13,15-16,18-19,40H,3-4,6,8-10,12,14,17,20-39H2,1-2H3,(H,43,44)/b7-5-,13-11-,16-15-,19-18-. The fourth-order valence-electron chi connectivity index (χ4n) is 5.70. The Hall–Kier alpha value is -2.10. The zero-order valence-electron chi connectivity index (χ0n) is 30.4. The molecule has 266 valence electrons. The summed E-state index contributed by atoms with van der Waals surface area (Å²) in [6.07, 6.45) is 49.8. The minimum atomic E-state index is -0.703. The normalized spacial score (nSPS) is 12.7. The monoisotopic (exact) mass is 643 g/mol. The van der Waals surface area contributed by atoms with Gasteiger partial charge in [0.25, 0.3) is 0 Å². The van der Waals surface area contributed by atoms with Crippen molar-refractivity contribution in [1.82, 2.24) is 0 Å². The molecule has 0 amide bonds. The second-order valence-corrected chi connectivity index (χ2v) is 13.1. The minimum absolute atomic E-state index is 0.0123. The van der Waals surface area contributed by atoms with Crippen molar-refractivity contribution in [3.8, 4) is 0 Å². The van der Waals surface area contributed by atoms with Gasteiger partial charge in [0.15, 0.2) is 0 Å². The third-order valence-electron chi connectivity index (χ3n) is 8.57. The van der Waals surface area contributed by atoms with Gasteiger partial charge in [-0.05, 0) is 77.0 Å². The second-order valence-electron chi connectivity index (χ2n) is 13.1. The van der Waals surface area contributed by atoms with E-state index in [2.05, 4.69) is 62.5 Å². The molecule has 0 rings (SSSR count). The fourth-order valence-corrected chi connectivity index (χ4v) is 5.70. The molecular weight excluding hydrogens is 568 g/mol. The second kappa shape index (κ2) is 37.4. The van der Waals surface area contributed by atoms with E-state index in [0.717, 1.165) is 96.3 Å². The topological polar surface area (TPSA) is 63.6 Å². The third kappa shape index (κ3) is 36.4. The van der Waals surface area contributed by atoms with Crippen LogP contribution in [0.1, 0.15) is 200 Å². The van der Waals surface area contributed by atoms with Crippen LogP contribution in [-0.2, 0) is 14.3 Å². The lowest BCUT2D eigenvalue weighted by molar-refractivity contribution is -0.150. The number of hydrogen-bond donors (Lipinski definition) is 1. The molecule has 0 aliphatic carbocycles. The van der Waals surface area contributed by atoms with Crippen LogP contribution in [0.4, 0.5) is 0 Å². The predicted octanol–water partition coefficient (Wildman–Crippen LogP) is 13.6. The molecule has 0 heterocycles. The Morgan fingerprint density at radius 2 is 0.913 bits per heavy atom. The lowest BCUT2D eigenvalue weighted by Gasteiger charge is -2.18. The van der Waals surface area contributed by atoms with Crippen molar-refractivity contribution in [3.05, 3.63) is 48.6 Å². The summed E-state index contributed by atoms with van der Waals surface area (Å²) < 4.78 is 5.98. The quantitative estimate of drug-likeness (QED) is 0.0424. The van der Waals surface area contributed by atoms with Crippen molar-refractivity contribution < 1.29 is 19.4 Å². The van der Waals surface area contributed by atoms with Crippen LogP contribution in [0.25, 0.3) is 0 Å². The number of carboxylic acid groups (broad SMARTS) is 1. The van der Waals surface area contributed by atoms with Crippen LogP contribution in [0.15, 0.2) is 48.6 Å². The van der Waals surface area contributed by atoms with Gasteiger partial charge in [0.05, 0.1) is 0 Å². The summed E-state index contributed by atoms with van der Waals surface area (Å²) in [5.41, 5.74) is 0. The van der Waals surface area contributed by atoms with E-state index in [0.29, 0.717) is 6.42 Å². The number of rotatable bonds is 35. The molecule has 0 saturated carbocycles. The number of hydrogen-bond acceptors (Lipinski definition) is 3. The van der Waals surface area contributed by atoms with Crippen molar-refractivity contribution in [2.75, 3.05) is 0 Å². The molecule has 1 atom stereocenters. The largest absolute Gasteiger partial charge is 0.481 e. The fraction of sp³-hybridized carbons (Fsp3) is 0.762. The molecule has 0 aliphatic rings. The summed E-state index contributed by atoms with van der Waals surface area (Å²) in [6, 6.07) is 0. The maximum atomic E-state index is 12.6. The first-order valence-electron chi connectivity index (χ1n) is 19.6. The lowest BCUT2D eigenvalue weighted by atomic mass is 10.0. The Morgan fingerprint density at radius 3 is 1.41 bits per heavy atom. The number of ether oxygens (including phenoxy) is 1. The summed E-state index contributed by atoms with van der Waals surface area (Å²) >= 11 is 0. The van der Waals surface area contributed by atoms with E-state index in [9.17, 15) is 9.59 Å². The summed E-state index contributed by atoms with van der Waals surface area (Å²) in [5, 5.41) is 8.80. The molecule has 0 radical (unpaired) electrons. The molecule has 0 bridgehead atoms. The molecule has 0 fully saturated rings. The van der Waals surface area contributed by atoms with Crippen LogP contribution in [0.3, 0.4) is 0 Å². The molecule has 1 N–H and O–H groups in total. The smallest absolute Gasteiger partial charge is 0.306 e. The van der Waals surface area contributed by atoms with E-state index in [1.807, 2.05) is 0 Å². The van der Waals surface area contributed by atoms with Crippen molar-refractivity contribution in [1.29, 1.82) is 0 Å². The maximum Gasteiger partial charge on any atom is 0.306 e. The first-order chi connectivity index (χ1) is 22.6. The Bertz CT molecular complexity index is 779. The summed E-state index contributed by atoms with van der Waals surface area (Å²) in [6.45, 7) is 4.43. The molecule has 0 aliphatic heterocycles. The Balaban J connectivity index is 3.99. The van der Waals surface area contributed by atoms with Gasteiger partial charge in [-0.1, -0.05) is 159 Å². The molecule has 4 nitrogen and oxygen atoms in total. The van der Waals surface area contributed by atoms with Crippen LogP contribution >= 0.6 is 0 Å². The summed E-state index contributed by atoms with van der Waals surface area (Å²) in [5.74, 6) is -0.715. The van der Waals surface area contributed by atoms with E-state index in [-0.39, 0.29) is 18.5 Å². The van der Waals surface area contributed by atoms with Crippen LogP contribution in [0.5, 0.6) is 0 Å². The molecule has 0 aromatic heterocycles. The van der Waals surface area contributed by atoms with Crippen molar-refractivity contribution in [2.24, 2.45) is 0 Å². The number of carboxylic acids is 1. The first-order valence-corrected chi connectivity index (χ1v) is 19.6. The molecule has 4 heteroatoms. The number of carbonyl (C=O) groups excluding carboxylic acids is 1. The van der Waals surface area contributed by atoms with Gasteiger partial charge in [-0.3, -0.25) is 9.59 Å². The summed E-state index contributed by atoms with van der Waals surface area (Å²) in [7, 11) is 0. The van der Waals surface area contributed by atoms with Crippen molar-refractivity contribution >= 4 is 11.9 Å². The average Bonchev–Trinajstić information content (AvgIpc) is 3.04. The highest BCUT2D eigenvalue weighted by Crippen LogP contribution is 2.19. The average molecular weight is 643 g/mol. The number of allylic oxidation sites excluding steroid dienone is 8. The van der Waals surface area contributed by atoms with Crippen LogP contribution in [0, 0.1) is 0 Å². The number of aliphatic carboxylic acids is 1. The number of esters is 1. The van der Waals surface area contributed by atoms with Crippen LogP contribution in [0.2, 0.25) is 0 Å². The van der Waals surface area contributed by atoms with E-state index >= 15 is 0 Å². The zero-order valence-corrected chi connectivity index (χ0v) is 30.4. The molecule has 0 spiro atoms. The molecular formula is C42H74O4. The highest BCUT2D eigenvalue weighted by Gasteiger charge is 2.14. The SMILES string of the molecule is CC/C=C\C/C=C\C/C=C\C/C=C\CCCCCCCCC(=O)OC(CCCCCCCCCCC)CCCCCCCC(=O)O. The molecule has 1 unspecified atom stereocenters. The van der Waals surface area contributed by atoms with E-state index < -0.39 is 5.97 Å². The van der Waals surface area contributed by atoms with E-state index in [1.54, 1.807) is 0 Å². The zero-order chi connectivity index (χ0) is 33.6. The van der Waals surface area contributed by atoms with E-state index in [1.165, 1.54) is 77.0 Å². The number of unbranched alkanes of at least 4 members (excludes halogenated alkanes) is 18. The van der Waals surface area contributed by atoms with Crippen LogP contribution in [-0.4, -0.2) is 23.1 Å². The van der Waals surface area contributed by atoms with Gasteiger partial charge in [0.2, 0.25) is 0 Å². The first kappa shape index (κ1) is 43.9. The lowest BCUT2D eigenvalue weighted by Crippen LogP contribution is -2.18. The van der Waals surface area contributed by atoms with Gasteiger partial charge in [-0.25, -0.2) is 0 Å². The van der Waals surface area contributed by atoms with Crippen LogP contribution < -0.4 is 0 Å². The van der Waals surface area contributed by atoms with Gasteiger partial charge in [-0.2, -0.15) is 0 Å². The number of carbonyl (C=O) groups is 2. The summed E-state index contributed by atoms with van der Waals surface area (Å²) in [4.78, 5) is 23.3. The van der Waals surface area contributed by atoms with Gasteiger partial charge in [-0.15, -0.1) is 0 Å². The maximum absolute atomic E-state index is 12.6. The molecule has 0 aromatic rings. The predicted molar refractivity (Wildman–Crippen MR) is 199 cm³/mol. The molecule has 46 heavy (non-hydrogen) atoms. The van der Waals surface area contributed by atoms with Crippen molar-refractivity contribution in [2.45, 2.75) is 206 Å². The third-order valence-corrected chi connectivity index (χ3v) is 8.57. The van der Waals surface area contributed by atoms with Gasteiger partial charge in [0.1, 0.15) is 6.10 Å². The molecule has 0 aromatic carbocycles. The Morgan fingerprint density at radius 1 is 0.500 bits per heavy atom. The van der Waals surface area contributed by atoms with E-state index in [4.69, 9.17) is 9.84 Å². The van der Waals surface area contributed by atoms with Gasteiger partial charge < -0.3 is 9.84 Å².